The van der Waals surface area contributed by atoms with E-state index >= 15 is 0 Å². The van der Waals surface area contributed by atoms with Gasteiger partial charge < -0.3 is 10.2 Å². The first-order chi connectivity index (χ1) is 8.41. The van der Waals surface area contributed by atoms with Gasteiger partial charge in [0.25, 0.3) is 0 Å². The molecule has 0 radical (unpaired) electrons. The largest absolute Gasteiger partial charge is 0.314 e. The van der Waals surface area contributed by atoms with Crippen molar-refractivity contribution in [2.75, 3.05) is 44.2 Å². The third-order valence-corrected chi connectivity index (χ3v) is 4.78. The molecular formula is C13H30N2O2S. The molecule has 4 nitrogen and oxygen atoms in total. The summed E-state index contributed by atoms with van der Waals surface area (Å²) in [6.07, 6.45) is 0.766. The van der Waals surface area contributed by atoms with Crippen molar-refractivity contribution in [3.05, 3.63) is 0 Å². The van der Waals surface area contributed by atoms with Gasteiger partial charge in [-0.25, -0.2) is 8.42 Å². The van der Waals surface area contributed by atoms with Crippen LogP contribution in [0.15, 0.2) is 0 Å². The predicted molar refractivity (Wildman–Crippen MR) is 78.8 cm³/mol. The van der Waals surface area contributed by atoms with E-state index in [0.29, 0.717) is 18.2 Å². The molecule has 0 fully saturated rings. The molecular weight excluding hydrogens is 248 g/mol. The van der Waals surface area contributed by atoms with Crippen LogP contribution in [0.3, 0.4) is 0 Å². The number of likely N-dealkylation sites (N-methyl/N-ethyl adjacent to an activating group) is 1. The van der Waals surface area contributed by atoms with Gasteiger partial charge in [-0.2, -0.15) is 0 Å². The third-order valence-electron chi connectivity index (χ3n) is 3.10. The molecule has 110 valence electrons. The molecule has 0 aliphatic heterocycles. The summed E-state index contributed by atoms with van der Waals surface area (Å²) in [5, 5.41) is 3.21. The summed E-state index contributed by atoms with van der Waals surface area (Å²) in [6.45, 7) is 12.9. The van der Waals surface area contributed by atoms with Crippen LogP contribution in [-0.2, 0) is 9.84 Å². The highest BCUT2D eigenvalue weighted by Gasteiger charge is 2.11. The van der Waals surface area contributed by atoms with Crippen LogP contribution in [-0.4, -0.2) is 57.5 Å². The van der Waals surface area contributed by atoms with Crippen molar-refractivity contribution in [1.29, 1.82) is 0 Å². The minimum absolute atomic E-state index is 0.262. The molecule has 0 heterocycles. The molecule has 0 spiro atoms. The quantitative estimate of drug-likeness (QED) is 0.580. The van der Waals surface area contributed by atoms with Crippen molar-refractivity contribution in [3.8, 4) is 0 Å². The molecule has 0 amide bonds. The van der Waals surface area contributed by atoms with Crippen LogP contribution in [0.4, 0.5) is 0 Å². The molecule has 18 heavy (non-hydrogen) atoms. The fourth-order valence-electron chi connectivity index (χ4n) is 1.65. The molecule has 0 aromatic carbocycles. The molecule has 0 bridgehead atoms. The predicted octanol–water partition coefficient (Wildman–Crippen LogP) is 1.38. The van der Waals surface area contributed by atoms with Crippen LogP contribution in [0.2, 0.25) is 0 Å². The van der Waals surface area contributed by atoms with Crippen LogP contribution < -0.4 is 5.32 Å². The van der Waals surface area contributed by atoms with E-state index in [4.69, 9.17) is 0 Å². The first-order valence-electron chi connectivity index (χ1n) is 7.04. The van der Waals surface area contributed by atoms with Crippen LogP contribution >= 0.6 is 0 Å². The summed E-state index contributed by atoms with van der Waals surface area (Å²) in [7, 11) is -2.86. The van der Waals surface area contributed by atoms with Gasteiger partial charge in [0.2, 0.25) is 0 Å². The van der Waals surface area contributed by atoms with Gasteiger partial charge in [-0.15, -0.1) is 0 Å². The Morgan fingerprint density at radius 1 is 1.06 bits per heavy atom. The zero-order valence-corrected chi connectivity index (χ0v) is 13.2. The second-order valence-electron chi connectivity index (χ2n) is 5.11. The minimum atomic E-state index is -2.86. The maximum absolute atomic E-state index is 11.7. The first-order valence-corrected chi connectivity index (χ1v) is 8.87. The fraction of sp³-hybridized carbons (Fsp3) is 1.00. The van der Waals surface area contributed by atoms with Gasteiger partial charge in [0.05, 0.1) is 11.5 Å². The lowest BCUT2D eigenvalue weighted by atomic mass is 10.2. The van der Waals surface area contributed by atoms with E-state index < -0.39 is 9.84 Å². The van der Waals surface area contributed by atoms with E-state index in [1.165, 1.54) is 0 Å². The van der Waals surface area contributed by atoms with E-state index in [1.54, 1.807) is 0 Å². The third kappa shape index (κ3) is 9.85. The highest BCUT2D eigenvalue weighted by Crippen LogP contribution is 2.03. The van der Waals surface area contributed by atoms with Crippen molar-refractivity contribution in [3.63, 3.8) is 0 Å². The molecule has 0 aromatic rings. The van der Waals surface area contributed by atoms with E-state index in [1.807, 2.05) is 0 Å². The molecule has 1 N–H and O–H groups in total. The SMILES string of the molecule is CCN(CC)CCNCCS(=O)(=O)CCC(C)C. The standard InChI is InChI=1S/C13H30N2O2S/c1-5-15(6-2)10-8-14-9-12-18(16,17)11-7-13(3)4/h13-14H,5-12H2,1-4H3. The second kappa shape index (κ2) is 9.75. The summed E-state index contributed by atoms with van der Waals surface area (Å²) in [5.41, 5.74) is 0. The Balaban J connectivity index is 3.64. The Kier molecular flexibility index (Phi) is 9.68. The van der Waals surface area contributed by atoms with Crippen LogP contribution in [0, 0.1) is 5.92 Å². The molecule has 5 heteroatoms. The number of nitrogens with one attached hydrogen (secondary N) is 1. The molecule has 0 aliphatic rings. The summed E-state index contributed by atoms with van der Waals surface area (Å²) in [6, 6.07) is 0. The van der Waals surface area contributed by atoms with Crippen molar-refractivity contribution < 1.29 is 8.42 Å². The Morgan fingerprint density at radius 2 is 1.67 bits per heavy atom. The normalized spacial score (nSPS) is 12.6. The van der Waals surface area contributed by atoms with Gasteiger partial charge in [-0.05, 0) is 25.4 Å². The molecule has 0 rings (SSSR count). The Bertz CT molecular complexity index is 285. The van der Waals surface area contributed by atoms with E-state index in [2.05, 4.69) is 37.9 Å². The van der Waals surface area contributed by atoms with Crippen molar-refractivity contribution in [2.24, 2.45) is 5.92 Å². The number of hydrogen-bond donors (Lipinski definition) is 1. The lowest BCUT2D eigenvalue weighted by molar-refractivity contribution is 0.303. The van der Waals surface area contributed by atoms with Crippen molar-refractivity contribution in [2.45, 2.75) is 34.1 Å². The van der Waals surface area contributed by atoms with Gasteiger partial charge in [0.1, 0.15) is 0 Å². The topological polar surface area (TPSA) is 49.4 Å². The van der Waals surface area contributed by atoms with Gasteiger partial charge in [0, 0.05) is 19.6 Å². The molecule has 0 saturated carbocycles. The molecule has 0 saturated heterocycles. The summed E-state index contributed by atoms with van der Waals surface area (Å²) >= 11 is 0. The summed E-state index contributed by atoms with van der Waals surface area (Å²) in [5.74, 6) is 1.04. The number of sulfone groups is 1. The maximum Gasteiger partial charge on any atom is 0.151 e. The van der Waals surface area contributed by atoms with E-state index in [-0.39, 0.29) is 5.75 Å². The van der Waals surface area contributed by atoms with E-state index in [9.17, 15) is 8.42 Å². The second-order valence-corrected chi connectivity index (χ2v) is 7.41. The van der Waals surface area contributed by atoms with Crippen LogP contribution in [0.5, 0.6) is 0 Å². The highest BCUT2D eigenvalue weighted by molar-refractivity contribution is 7.91. The van der Waals surface area contributed by atoms with Crippen LogP contribution in [0.1, 0.15) is 34.1 Å². The minimum Gasteiger partial charge on any atom is -0.314 e. The number of hydrogen-bond acceptors (Lipinski definition) is 4. The summed E-state index contributed by atoms with van der Waals surface area (Å²) < 4.78 is 23.4. The average molecular weight is 278 g/mol. The number of nitrogens with zero attached hydrogens (tertiary/aromatic N) is 1. The fourth-order valence-corrected chi connectivity index (χ4v) is 3.14. The maximum atomic E-state index is 11.7. The van der Waals surface area contributed by atoms with Crippen molar-refractivity contribution in [1.82, 2.24) is 10.2 Å². The molecule has 0 aromatic heterocycles. The van der Waals surface area contributed by atoms with Gasteiger partial charge in [0.15, 0.2) is 9.84 Å². The number of rotatable bonds is 11. The van der Waals surface area contributed by atoms with Gasteiger partial charge >= 0.3 is 0 Å². The lowest BCUT2D eigenvalue weighted by Crippen LogP contribution is -2.34. The zero-order valence-electron chi connectivity index (χ0n) is 12.4. The van der Waals surface area contributed by atoms with Gasteiger partial charge in [-0.3, -0.25) is 0 Å². The first kappa shape index (κ1) is 17.9. The van der Waals surface area contributed by atoms with Crippen LogP contribution in [0.25, 0.3) is 0 Å². The smallest absolute Gasteiger partial charge is 0.151 e. The average Bonchev–Trinajstić information content (AvgIpc) is 2.31. The Morgan fingerprint density at radius 3 is 2.17 bits per heavy atom. The lowest BCUT2D eigenvalue weighted by Gasteiger charge is -2.17. The molecule has 0 aliphatic carbocycles. The zero-order chi connectivity index (χ0) is 14.0. The highest BCUT2D eigenvalue weighted by atomic mass is 32.2. The van der Waals surface area contributed by atoms with Gasteiger partial charge in [-0.1, -0.05) is 27.7 Å². The Labute approximate surface area is 113 Å². The monoisotopic (exact) mass is 278 g/mol. The van der Waals surface area contributed by atoms with E-state index in [0.717, 1.165) is 32.6 Å². The molecule has 0 unspecified atom stereocenters. The van der Waals surface area contributed by atoms with Crippen molar-refractivity contribution >= 4 is 9.84 Å². The molecule has 0 atom stereocenters. The Hall–Kier alpha value is -0.130. The summed E-state index contributed by atoms with van der Waals surface area (Å²) in [4.78, 5) is 2.32.